The second kappa shape index (κ2) is 7.98. The number of fused-ring (bicyclic) bond motifs is 1. The van der Waals surface area contributed by atoms with Crippen molar-refractivity contribution in [1.82, 2.24) is 9.78 Å². The summed E-state index contributed by atoms with van der Waals surface area (Å²) in [6.45, 7) is 0. The number of ether oxygens (including phenoxy) is 2. The van der Waals surface area contributed by atoms with Gasteiger partial charge in [0.15, 0.2) is 5.69 Å². The lowest BCUT2D eigenvalue weighted by molar-refractivity contribution is 0.0690. The maximum atomic E-state index is 11.9. The third-order valence-corrected chi connectivity index (χ3v) is 5.89. The van der Waals surface area contributed by atoms with Gasteiger partial charge in [-0.25, -0.2) is 9.48 Å². The highest BCUT2D eigenvalue weighted by molar-refractivity contribution is 7.86. The Morgan fingerprint density at radius 3 is 2.12 bits per heavy atom. The van der Waals surface area contributed by atoms with Gasteiger partial charge in [-0.15, -0.1) is 0 Å². The smallest absolute Gasteiger partial charge is 0.356 e. The van der Waals surface area contributed by atoms with E-state index in [4.69, 9.17) is 9.47 Å². The van der Waals surface area contributed by atoms with E-state index in [1.54, 1.807) is 42.5 Å². The Labute approximate surface area is 183 Å². The molecule has 0 fully saturated rings. The van der Waals surface area contributed by atoms with Gasteiger partial charge < -0.3 is 14.6 Å². The molecule has 3 aromatic carbocycles. The number of rotatable bonds is 6. The minimum Gasteiger partial charge on any atom is -0.496 e. The van der Waals surface area contributed by atoms with Gasteiger partial charge in [0.1, 0.15) is 16.4 Å². The molecule has 0 atom stereocenters. The second-order valence-corrected chi connectivity index (χ2v) is 8.16. The number of methoxy groups -OCH3 is 2. The molecule has 0 saturated carbocycles. The van der Waals surface area contributed by atoms with Crippen molar-refractivity contribution in [2.75, 3.05) is 14.2 Å². The Morgan fingerprint density at radius 2 is 1.56 bits per heavy atom. The molecule has 0 aliphatic rings. The number of hydrogen-bond acceptors (Lipinski definition) is 6. The molecule has 32 heavy (non-hydrogen) atoms. The average Bonchev–Trinajstić information content (AvgIpc) is 3.22. The Morgan fingerprint density at radius 1 is 0.938 bits per heavy atom. The quantitative estimate of drug-likeness (QED) is 0.423. The number of aromatic nitrogens is 2. The molecule has 4 aromatic rings. The fourth-order valence-corrected chi connectivity index (χ4v) is 4.31. The van der Waals surface area contributed by atoms with Crippen molar-refractivity contribution in [3.63, 3.8) is 0 Å². The highest BCUT2D eigenvalue weighted by Gasteiger charge is 2.24. The Kier molecular flexibility index (Phi) is 5.33. The molecule has 0 saturated heterocycles. The molecule has 164 valence electrons. The third-order valence-electron chi connectivity index (χ3n) is 4.98. The number of carbonyl (C=O) groups is 1. The zero-order valence-electron chi connectivity index (χ0n) is 17.0. The standard InChI is InChI=1S/C22H18N2O7S/c1-30-18-8-5-9-19(31-2)21(18)17-12-15(22(25)26)23-24(17)16-10-11-20(32(27,28)29)14-7-4-3-6-13(14)16/h3-12H,1-2H3,(H,25,26)(H,27,28,29). The van der Waals surface area contributed by atoms with Gasteiger partial charge in [0.25, 0.3) is 10.1 Å². The molecule has 2 N–H and O–H groups in total. The summed E-state index contributed by atoms with van der Waals surface area (Å²) < 4.78 is 45.7. The molecule has 0 aliphatic carbocycles. The van der Waals surface area contributed by atoms with E-state index in [2.05, 4.69) is 5.10 Å². The molecule has 0 spiro atoms. The number of nitrogens with zero attached hydrogens (tertiary/aromatic N) is 2. The maximum absolute atomic E-state index is 11.9. The molecule has 0 radical (unpaired) electrons. The summed E-state index contributed by atoms with van der Waals surface area (Å²) in [6, 6.07) is 15.8. The van der Waals surface area contributed by atoms with Gasteiger partial charge >= 0.3 is 5.97 Å². The van der Waals surface area contributed by atoms with Crippen LogP contribution in [0.4, 0.5) is 0 Å². The van der Waals surface area contributed by atoms with Gasteiger partial charge in [-0.2, -0.15) is 13.5 Å². The Bertz CT molecular complexity index is 1440. The topological polar surface area (TPSA) is 128 Å². The van der Waals surface area contributed by atoms with E-state index in [1.165, 1.54) is 37.1 Å². The van der Waals surface area contributed by atoms with E-state index in [-0.39, 0.29) is 16.0 Å². The fraction of sp³-hybridized carbons (Fsp3) is 0.0909. The lowest BCUT2D eigenvalue weighted by Crippen LogP contribution is -2.06. The fourth-order valence-electron chi connectivity index (χ4n) is 3.62. The number of hydrogen-bond donors (Lipinski definition) is 2. The zero-order chi connectivity index (χ0) is 23.0. The van der Waals surface area contributed by atoms with Crippen molar-refractivity contribution in [2.24, 2.45) is 0 Å². The number of carboxylic acid groups (broad SMARTS) is 1. The van der Waals surface area contributed by atoms with E-state index < -0.39 is 16.1 Å². The van der Waals surface area contributed by atoms with Gasteiger partial charge in [-0.05, 0) is 30.3 Å². The first-order valence-electron chi connectivity index (χ1n) is 9.30. The predicted octanol–water partition coefficient (Wildman–Crippen LogP) is 3.65. The SMILES string of the molecule is COc1cccc(OC)c1-c1cc(C(=O)O)nn1-c1ccc(S(=O)(=O)O)c2ccccc12. The number of benzene rings is 3. The van der Waals surface area contributed by atoms with Crippen molar-refractivity contribution >= 4 is 26.9 Å². The van der Waals surface area contributed by atoms with Crippen LogP contribution in [0.25, 0.3) is 27.7 Å². The molecule has 10 heteroatoms. The minimum absolute atomic E-state index is 0.226. The van der Waals surface area contributed by atoms with Crippen LogP contribution in [0.3, 0.4) is 0 Å². The lowest BCUT2D eigenvalue weighted by atomic mass is 10.1. The van der Waals surface area contributed by atoms with E-state index in [9.17, 15) is 22.9 Å². The molecule has 0 bridgehead atoms. The lowest BCUT2D eigenvalue weighted by Gasteiger charge is -2.16. The highest BCUT2D eigenvalue weighted by Crippen LogP contribution is 2.40. The predicted molar refractivity (Wildman–Crippen MR) is 116 cm³/mol. The van der Waals surface area contributed by atoms with Gasteiger partial charge in [0.05, 0.1) is 31.2 Å². The number of aromatic carboxylic acids is 1. The first-order chi connectivity index (χ1) is 15.3. The summed E-state index contributed by atoms with van der Waals surface area (Å²) in [4.78, 5) is 11.5. The van der Waals surface area contributed by atoms with Gasteiger partial charge in [0.2, 0.25) is 0 Å². The third kappa shape index (κ3) is 3.55. The molecule has 0 amide bonds. The van der Waals surface area contributed by atoms with Crippen LogP contribution in [0.15, 0.2) is 65.6 Å². The summed E-state index contributed by atoms with van der Waals surface area (Å²) >= 11 is 0. The van der Waals surface area contributed by atoms with Crippen LogP contribution >= 0.6 is 0 Å². The molecule has 9 nitrogen and oxygen atoms in total. The first kappa shape index (κ1) is 21.3. The molecular formula is C22H18N2O7S. The van der Waals surface area contributed by atoms with Crippen molar-refractivity contribution in [3.05, 3.63) is 66.4 Å². The van der Waals surface area contributed by atoms with E-state index in [0.29, 0.717) is 33.8 Å². The van der Waals surface area contributed by atoms with Crippen molar-refractivity contribution in [1.29, 1.82) is 0 Å². The van der Waals surface area contributed by atoms with Gasteiger partial charge in [-0.1, -0.05) is 30.3 Å². The minimum atomic E-state index is -4.48. The normalized spacial score (nSPS) is 11.5. The molecule has 1 heterocycles. The summed E-state index contributed by atoms with van der Waals surface area (Å²) in [6.07, 6.45) is 0. The Balaban J connectivity index is 2.11. The first-order valence-corrected chi connectivity index (χ1v) is 10.7. The average molecular weight is 454 g/mol. The van der Waals surface area contributed by atoms with E-state index in [0.717, 1.165) is 0 Å². The van der Waals surface area contributed by atoms with Crippen LogP contribution in [-0.2, 0) is 10.1 Å². The van der Waals surface area contributed by atoms with Gasteiger partial charge in [0, 0.05) is 10.8 Å². The monoisotopic (exact) mass is 454 g/mol. The largest absolute Gasteiger partial charge is 0.496 e. The summed E-state index contributed by atoms with van der Waals surface area (Å²) in [5, 5.41) is 14.5. The number of carboxylic acids is 1. The molecule has 0 unspecified atom stereocenters. The van der Waals surface area contributed by atoms with Crippen LogP contribution in [0.1, 0.15) is 10.5 Å². The highest BCUT2D eigenvalue weighted by atomic mass is 32.2. The molecule has 1 aromatic heterocycles. The Hall–Kier alpha value is -3.89. The zero-order valence-corrected chi connectivity index (χ0v) is 17.8. The van der Waals surface area contributed by atoms with Gasteiger partial charge in [-0.3, -0.25) is 4.55 Å². The van der Waals surface area contributed by atoms with Crippen LogP contribution in [-0.4, -0.2) is 48.0 Å². The summed E-state index contributed by atoms with van der Waals surface area (Å²) in [7, 11) is -1.52. The van der Waals surface area contributed by atoms with Crippen LogP contribution in [0, 0.1) is 0 Å². The molecule has 0 aliphatic heterocycles. The van der Waals surface area contributed by atoms with E-state index in [1.807, 2.05) is 0 Å². The van der Waals surface area contributed by atoms with Crippen LogP contribution < -0.4 is 9.47 Å². The molecular weight excluding hydrogens is 436 g/mol. The summed E-state index contributed by atoms with van der Waals surface area (Å²) in [5.74, 6) is -0.375. The van der Waals surface area contributed by atoms with E-state index >= 15 is 0 Å². The van der Waals surface area contributed by atoms with Crippen molar-refractivity contribution in [2.45, 2.75) is 4.90 Å². The van der Waals surface area contributed by atoms with Crippen molar-refractivity contribution < 1.29 is 32.3 Å². The second-order valence-electron chi connectivity index (χ2n) is 6.77. The van der Waals surface area contributed by atoms with Crippen LogP contribution in [0.5, 0.6) is 11.5 Å². The maximum Gasteiger partial charge on any atom is 0.356 e. The molecule has 4 rings (SSSR count). The van der Waals surface area contributed by atoms with Crippen molar-refractivity contribution in [3.8, 4) is 28.4 Å². The van der Waals surface area contributed by atoms with Crippen LogP contribution in [0.2, 0.25) is 0 Å². The summed E-state index contributed by atoms with van der Waals surface area (Å²) in [5.41, 5.74) is 1.02.